The molecule has 0 fully saturated rings. The molecule has 48 valence electrons. The summed E-state index contributed by atoms with van der Waals surface area (Å²) in [5.41, 5.74) is 0. The Morgan fingerprint density at radius 2 is 0.875 bits per heavy atom. The van der Waals surface area contributed by atoms with E-state index < -0.39 is 0 Å². The van der Waals surface area contributed by atoms with Gasteiger partial charge in [0.05, 0.1) is 0 Å². The zero-order chi connectivity index (χ0) is 5.41. The van der Waals surface area contributed by atoms with Crippen molar-refractivity contribution < 1.29 is 11.0 Å². The lowest BCUT2D eigenvalue weighted by Crippen LogP contribution is -1.07. The van der Waals surface area contributed by atoms with Crippen molar-refractivity contribution in [2.45, 2.75) is 13.8 Å². The summed E-state index contributed by atoms with van der Waals surface area (Å²) in [6.45, 7) is 10.5. The molecular weight excluding hydrogens is 104 g/mol. The molecule has 0 aliphatic heterocycles. The van der Waals surface area contributed by atoms with Gasteiger partial charge in [-0.25, -0.2) is 0 Å². The van der Waals surface area contributed by atoms with Gasteiger partial charge in [0, 0.05) is 11.0 Å². The average molecular weight is 116 g/mol. The van der Waals surface area contributed by atoms with Gasteiger partial charge < -0.3 is 0 Å². The largest absolute Gasteiger partial charge is 0.103 e. The molecule has 0 aromatic heterocycles. The summed E-state index contributed by atoms with van der Waals surface area (Å²) in [5, 5.41) is 0. The van der Waals surface area contributed by atoms with Gasteiger partial charge in [-0.05, 0) is 13.8 Å². The smallest absolute Gasteiger partial charge is 0 e. The zero-order valence-electron chi connectivity index (χ0n) is 5.39. The fraction of sp³-hybridized carbons (Fsp3) is 0.333. The lowest BCUT2D eigenvalue weighted by atomic mass is 10.8. The molecule has 4 radical (unpaired) electrons. The van der Waals surface area contributed by atoms with E-state index in [2.05, 4.69) is 13.2 Å². The Hall–Kier alpha value is -0.600. The summed E-state index contributed by atoms with van der Waals surface area (Å²) in [4.78, 5) is 0. The summed E-state index contributed by atoms with van der Waals surface area (Å²) < 4.78 is 0. The molecule has 0 N–H and O–H groups in total. The van der Waals surface area contributed by atoms with Crippen LogP contribution >= 0.6 is 0 Å². The Labute approximate surface area is 51.2 Å². The lowest BCUT2D eigenvalue weighted by molar-refractivity contribution is 0.685. The highest BCUT2D eigenvalue weighted by Gasteiger charge is 1.15. The standard InChI is InChI=1S/2C3H6.2O/c2*1-3-2;;/h2*3H,1H2,2H3;;. The first kappa shape index (κ1) is 26.2. The van der Waals surface area contributed by atoms with E-state index in [-0.39, 0.29) is 11.0 Å². The van der Waals surface area contributed by atoms with Gasteiger partial charge in [-0.1, -0.05) is 12.2 Å². The van der Waals surface area contributed by atoms with Crippen molar-refractivity contribution in [3.8, 4) is 0 Å². The lowest BCUT2D eigenvalue weighted by Gasteiger charge is -1.31. The molecule has 0 spiro atoms. The van der Waals surface area contributed by atoms with Crippen molar-refractivity contribution in [2.24, 2.45) is 0 Å². The first-order chi connectivity index (χ1) is 2.83. The predicted molar refractivity (Wildman–Crippen MR) is 33.1 cm³/mol. The van der Waals surface area contributed by atoms with Gasteiger partial charge in [-0.3, -0.25) is 0 Å². The van der Waals surface area contributed by atoms with E-state index in [4.69, 9.17) is 0 Å². The number of hydrogen-bond donors (Lipinski definition) is 0. The highest BCUT2D eigenvalue weighted by molar-refractivity contribution is 4.51. The van der Waals surface area contributed by atoms with Crippen molar-refractivity contribution >= 4 is 0 Å². The number of rotatable bonds is 0. The second-order valence-electron chi connectivity index (χ2n) is 0.816. The van der Waals surface area contributed by atoms with Crippen LogP contribution in [0.15, 0.2) is 25.3 Å². The molecule has 0 rings (SSSR count). The Morgan fingerprint density at radius 1 is 0.875 bits per heavy atom. The van der Waals surface area contributed by atoms with Crippen LogP contribution in [0, 0.1) is 0 Å². The number of allylic oxidation sites excluding steroid dienone is 2. The van der Waals surface area contributed by atoms with Crippen LogP contribution in [0.3, 0.4) is 0 Å². The second kappa shape index (κ2) is 95.2. The Bertz CT molecular complexity index is 27.5. The number of hydrogen-bond acceptors (Lipinski definition) is 0. The van der Waals surface area contributed by atoms with Crippen LogP contribution in [0.1, 0.15) is 13.8 Å². The molecular formula is C6H12O2. The van der Waals surface area contributed by atoms with Crippen molar-refractivity contribution in [3.05, 3.63) is 25.3 Å². The minimum atomic E-state index is 0. The average Bonchev–Trinajstić information content (AvgIpc) is 1.39. The summed E-state index contributed by atoms with van der Waals surface area (Å²) in [7, 11) is 0. The first-order valence-electron chi connectivity index (χ1n) is 1.97. The van der Waals surface area contributed by atoms with Crippen LogP contribution in [0.2, 0.25) is 0 Å². The van der Waals surface area contributed by atoms with Crippen LogP contribution in [0.5, 0.6) is 0 Å². The van der Waals surface area contributed by atoms with Gasteiger partial charge in [0.25, 0.3) is 0 Å². The van der Waals surface area contributed by atoms with Crippen molar-refractivity contribution in [3.63, 3.8) is 0 Å². The van der Waals surface area contributed by atoms with E-state index in [1.165, 1.54) is 0 Å². The van der Waals surface area contributed by atoms with Crippen LogP contribution in [0.4, 0.5) is 0 Å². The maximum atomic E-state index is 3.36. The molecule has 2 nitrogen and oxygen atoms in total. The molecule has 0 unspecified atom stereocenters. The molecule has 0 aliphatic carbocycles. The fourth-order valence-corrected chi connectivity index (χ4v) is 0. The van der Waals surface area contributed by atoms with E-state index in [0.717, 1.165) is 0 Å². The van der Waals surface area contributed by atoms with E-state index >= 15 is 0 Å². The molecule has 0 heterocycles. The van der Waals surface area contributed by atoms with Crippen LogP contribution in [0.25, 0.3) is 0 Å². The second-order valence-corrected chi connectivity index (χ2v) is 0.816. The third-order valence-electron chi connectivity index (χ3n) is 0. The third-order valence-corrected chi connectivity index (χ3v) is 0. The molecule has 0 amide bonds. The molecule has 0 saturated carbocycles. The molecule has 0 aliphatic rings. The van der Waals surface area contributed by atoms with Gasteiger partial charge in [-0.2, -0.15) is 0 Å². The fourth-order valence-electron chi connectivity index (χ4n) is 0. The molecule has 0 atom stereocenters. The minimum Gasteiger partial charge on any atom is -0.103 e. The third kappa shape index (κ3) is 290. The zero-order valence-corrected chi connectivity index (χ0v) is 5.39. The van der Waals surface area contributed by atoms with Crippen LogP contribution < -0.4 is 0 Å². The van der Waals surface area contributed by atoms with Crippen molar-refractivity contribution in [2.75, 3.05) is 0 Å². The molecule has 2 heteroatoms. The molecule has 0 bridgehead atoms. The topological polar surface area (TPSA) is 57.0 Å². The van der Waals surface area contributed by atoms with Gasteiger partial charge in [0.2, 0.25) is 0 Å². The maximum absolute atomic E-state index is 3.36. The Kier molecular flexibility index (Phi) is 312. The van der Waals surface area contributed by atoms with E-state index in [1.54, 1.807) is 12.2 Å². The molecule has 8 heavy (non-hydrogen) atoms. The van der Waals surface area contributed by atoms with Gasteiger partial charge in [0.1, 0.15) is 0 Å². The van der Waals surface area contributed by atoms with E-state index in [1.807, 2.05) is 13.8 Å². The van der Waals surface area contributed by atoms with Gasteiger partial charge in [0.15, 0.2) is 0 Å². The highest BCUT2D eigenvalue weighted by atomic mass is 16.0. The summed E-state index contributed by atoms with van der Waals surface area (Å²) in [6.07, 6.45) is 3.50. The van der Waals surface area contributed by atoms with Gasteiger partial charge in [-0.15, -0.1) is 13.2 Å². The molecule has 0 aromatic rings. The minimum absolute atomic E-state index is 0. The first-order valence-corrected chi connectivity index (χ1v) is 1.97. The predicted octanol–water partition coefficient (Wildman–Crippen LogP) is 2.15. The maximum Gasteiger partial charge on any atom is 0 e. The van der Waals surface area contributed by atoms with Crippen LogP contribution in [-0.4, -0.2) is 0 Å². The molecule has 0 saturated heterocycles. The summed E-state index contributed by atoms with van der Waals surface area (Å²) in [5.74, 6) is 0. The summed E-state index contributed by atoms with van der Waals surface area (Å²) >= 11 is 0. The van der Waals surface area contributed by atoms with E-state index in [9.17, 15) is 0 Å². The summed E-state index contributed by atoms with van der Waals surface area (Å²) in [6, 6.07) is 0. The molecule has 0 aromatic carbocycles. The van der Waals surface area contributed by atoms with Crippen molar-refractivity contribution in [1.82, 2.24) is 0 Å². The quantitative estimate of drug-likeness (QED) is 0.435. The Morgan fingerprint density at radius 3 is 0.875 bits per heavy atom. The Balaban J connectivity index is -0.0000000160. The normalized spacial score (nSPS) is 3.25. The van der Waals surface area contributed by atoms with Crippen LogP contribution in [-0.2, 0) is 11.0 Å². The highest BCUT2D eigenvalue weighted by Crippen LogP contribution is 1.38. The van der Waals surface area contributed by atoms with Gasteiger partial charge >= 0.3 is 0 Å². The SMILES string of the molecule is C=CC.C=CC.[O].[O]. The van der Waals surface area contributed by atoms with Crippen molar-refractivity contribution in [1.29, 1.82) is 0 Å². The monoisotopic (exact) mass is 116 g/mol. The van der Waals surface area contributed by atoms with E-state index in [0.29, 0.717) is 0 Å².